The molecule has 0 saturated carbocycles. The van der Waals surface area contributed by atoms with Crippen molar-refractivity contribution >= 4 is 27.1 Å². The summed E-state index contributed by atoms with van der Waals surface area (Å²) in [5.74, 6) is 2.19. The second-order valence-electron chi connectivity index (χ2n) is 4.17. The molecule has 0 aliphatic heterocycles. The van der Waals surface area contributed by atoms with Gasteiger partial charge in [-0.05, 0) is 6.92 Å². The molecule has 0 spiro atoms. The molecule has 6 nitrogen and oxygen atoms in total. The Balaban J connectivity index is 3.04. The molecule has 0 saturated heterocycles. The highest BCUT2D eigenvalue weighted by Gasteiger charge is 2.15. The normalized spacial score (nSPS) is 12.7. The zero-order valence-electron chi connectivity index (χ0n) is 10.6. The molecule has 0 aromatic carbocycles. The number of halogens is 1. The fourth-order valence-corrected chi connectivity index (χ4v) is 2.71. The number of aromatic nitrogens is 2. The van der Waals surface area contributed by atoms with Gasteiger partial charge in [0.2, 0.25) is 0 Å². The summed E-state index contributed by atoms with van der Waals surface area (Å²) in [5, 5.41) is 6.69. The minimum absolute atomic E-state index is 0.0190. The van der Waals surface area contributed by atoms with Crippen molar-refractivity contribution in [2.45, 2.75) is 19.5 Å². The summed E-state index contributed by atoms with van der Waals surface area (Å²) < 4.78 is 23.4. The van der Waals surface area contributed by atoms with E-state index in [2.05, 4.69) is 16.3 Å². The van der Waals surface area contributed by atoms with E-state index in [1.807, 2.05) is 0 Å². The van der Waals surface area contributed by atoms with Gasteiger partial charge in [0, 0.05) is 12.3 Å². The first-order valence-corrected chi connectivity index (χ1v) is 7.82. The van der Waals surface area contributed by atoms with Crippen LogP contribution in [0.4, 0.5) is 5.69 Å². The largest absolute Gasteiger partial charge is 0.376 e. The van der Waals surface area contributed by atoms with Crippen LogP contribution in [0, 0.1) is 12.3 Å². The summed E-state index contributed by atoms with van der Waals surface area (Å²) in [5.41, 5.74) is -0.381. The summed E-state index contributed by atoms with van der Waals surface area (Å²) in [7, 11) is -3.15. The lowest BCUT2D eigenvalue weighted by atomic mass is 10.3. The Hall–Kier alpha value is -1.52. The van der Waals surface area contributed by atoms with Gasteiger partial charge in [-0.25, -0.2) is 13.1 Å². The van der Waals surface area contributed by atoms with Gasteiger partial charge >= 0.3 is 0 Å². The first kappa shape index (κ1) is 15.5. The maximum absolute atomic E-state index is 12.0. The summed E-state index contributed by atoms with van der Waals surface area (Å²) in [4.78, 5) is 12.0. The lowest BCUT2D eigenvalue weighted by Crippen LogP contribution is -2.31. The number of hydrogen-bond donors (Lipinski definition) is 1. The molecule has 0 aliphatic rings. The fraction of sp³-hybridized carbons (Fsp3) is 0.455. The Morgan fingerprint density at radius 1 is 1.63 bits per heavy atom. The second-order valence-corrected chi connectivity index (χ2v) is 6.76. The molecule has 0 fully saturated rings. The van der Waals surface area contributed by atoms with Gasteiger partial charge in [0.1, 0.15) is 22.1 Å². The topological polar surface area (TPSA) is 81.1 Å². The molecule has 1 heterocycles. The van der Waals surface area contributed by atoms with Crippen LogP contribution in [0.15, 0.2) is 11.0 Å². The SMILES string of the molecule is C#CCn1ncc(Cl)c(NC(C)CS(C)(=O)=O)c1=O. The summed E-state index contributed by atoms with van der Waals surface area (Å²) >= 11 is 5.88. The third kappa shape index (κ3) is 4.58. The van der Waals surface area contributed by atoms with Gasteiger partial charge in [0.25, 0.3) is 5.56 Å². The molecule has 1 N–H and O–H groups in total. The predicted octanol–water partition coefficient (Wildman–Crippen LogP) is 0.375. The van der Waals surface area contributed by atoms with E-state index in [-0.39, 0.29) is 23.0 Å². The van der Waals surface area contributed by atoms with Crippen LogP contribution < -0.4 is 10.9 Å². The van der Waals surface area contributed by atoms with Crippen LogP contribution in [0.25, 0.3) is 0 Å². The molecule has 19 heavy (non-hydrogen) atoms. The van der Waals surface area contributed by atoms with Crippen LogP contribution in [-0.4, -0.2) is 36.2 Å². The van der Waals surface area contributed by atoms with Gasteiger partial charge in [-0.15, -0.1) is 6.42 Å². The molecule has 0 amide bonds. The van der Waals surface area contributed by atoms with E-state index in [1.54, 1.807) is 6.92 Å². The molecule has 104 valence electrons. The van der Waals surface area contributed by atoms with Crippen molar-refractivity contribution in [1.82, 2.24) is 9.78 Å². The maximum atomic E-state index is 12.0. The van der Waals surface area contributed by atoms with Gasteiger partial charge < -0.3 is 5.32 Å². The lowest BCUT2D eigenvalue weighted by molar-refractivity contribution is 0.597. The third-order valence-corrected chi connectivity index (χ3v) is 3.57. The second kappa shape index (κ2) is 6.08. The Labute approximate surface area is 116 Å². The van der Waals surface area contributed by atoms with E-state index in [0.29, 0.717) is 0 Å². The fourth-order valence-electron chi connectivity index (χ4n) is 1.54. The van der Waals surface area contributed by atoms with Gasteiger partial charge in [-0.3, -0.25) is 4.79 Å². The van der Waals surface area contributed by atoms with Crippen LogP contribution in [0.3, 0.4) is 0 Å². The van der Waals surface area contributed by atoms with Crippen molar-refractivity contribution in [1.29, 1.82) is 0 Å². The number of nitrogens with zero attached hydrogens (tertiary/aromatic N) is 2. The van der Waals surface area contributed by atoms with E-state index in [1.165, 1.54) is 6.20 Å². The van der Waals surface area contributed by atoms with Crippen molar-refractivity contribution in [3.63, 3.8) is 0 Å². The summed E-state index contributed by atoms with van der Waals surface area (Å²) in [6.45, 7) is 1.66. The molecular weight excluding hydrogens is 290 g/mol. The molecular formula is C11H14ClN3O3S. The summed E-state index contributed by atoms with van der Waals surface area (Å²) in [6, 6.07) is -0.457. The van der Waals surface area contributed by atoms with E-state index in [0.717, 1.165) is 10.9 Å². The van der Waals surface area contributed by atoms with Gasteiger partial charge in [0.15, 0.2) is 0 Å². The van der Waals surface area contributed by atoms with Crippen molar-refractivity contribution in [2.75, 3.05) is 17.3 Å². The number of terminal acetylenes is 1. The zero-order chi connectivity index (χ0) is 14.6. The Morgan fingerprint density at radius 3 is 2.79 bits per heavy atom. The van der Waals surface area contributed by atoms with Crippen LogP contribution in [0.2, 0.25) is 5.02 Å². The number of nitrogens with one attached hydrogen (secondary N) is 1. The van der Waals surface area contributed by atoms with Gasteiger partial charge in [0.05, 0.1) is 17.0 Å². The Morgan fingerprint density at radius 2 is 2.26 bits per heavy atom. The smallest absolute Gasteiger partial charge is 0.292 e. The first-order chi connectivity index (χ1) is 8.74. The van der Waals surface area contributed by atoms with E-state index >= 15 is 0 Å². The standard InChI is InChI=1S/C11H14ClN3O3S/c1-4-5-15-11(16)10(9(12)6-13-15)14-8(2)7-19(3,17)18/h1,6,8,14H,5,7H2,2-3H3. The van der Waals surface area contributed by atoms with Crippen molar-refractivity contribution < 1.29 is 8.42 Å². The number of sulfone groups is 1. The Bertz CT molecular complexity index is 661. The predicted molar refractivity (Wildman–Crippen MR) is 75.1 cm³/mol. The minimum atomic E-state index is -3.15. The average Bonchev–Trinajstić information content (AvgIpc) is 2.26. The van der Waals surface area contributed by atoms with Crippen LogP contribution in [0.5, 0.6) is 0 Å². The quantitative estimate of drug-likeness (QED) is 0.795. The van der Waals surface area contributed by atoms with Gasteiger partial charge in [-0.1, -0.05) is 17.5 Å². The molecule has 1 rings (SSSR count). The van der Waals surface area contributed by atoms with Crippen LogP contribution in [0.1, 0.15) is 6.92 Å². The Kier molecular flexibility index (Phi) is 4.97. The molecule has 0 radical (unpaired) electrons. The first-order valence-electron chi connectivity index (χ1n) is 5.38. The highest BCUT2D eigenvalue weighted by atomic mass is 35.5. The van der Waals surface area contributed by atoms with Crippen LogP contribution in [-0.2, 0) is 16.4 Å². The van der Waals surface area contributed by atoms with E-state index in [9.17, 15) is 13.2 Å². The van der Waals surface area contributed by atoms with Crippen LogP contribution >= 0.6 is 11.6 Å². The molecule has 8 heteroatoms. The lowest BCUT2D eigenvalue weighted by Gasteiger charge is -2.15. The van der Waals surface area contributed by atoms with E-state index < -0.39 is 21.4 Å². The average molecular weight is 304 g/mol. The third-order valence-electron chi connectivity index (χ3n) is 2.18. The van der Waals surface area contributed by atoms with Gasteiger partial charge in [-0.2, -0.15) is 5.10 Å². The van der Waals surface area contributed by atoms with Crippen molar-refractivity contribution in [3.05, 3.63) is 21.6 Å². The number of anilines is 1. The molecule has 0 aliphatic carbocycles. The molecule has 1 unspecified atom stereocenters. The molecule has 0 bridgehead atoms. The zero-order valence-corrected chi connectivity index (χ0v) is 12.1. The highest BCUT2D eigenvalue weighted by Crippen LogP contribution is 2.16. The highest BCUT2D eigenvalue weighted by molar-refractivity contribution is 7.90. The monoisotopic (exact) mass is 303 g/mol. The molecule has 1 aromatic rings. The van der Waals surface area contributed by atoms with Crippen molar-refractivity contribution in [2.24, 2.45) is 0 Å². The number of rotatable bonds is 5. The van der Waals surface area contributed by atoms with Crippen molar-refractivity contribution in [3.8, 4) is 12.3 Å². The minimum Gasteiger partial charge on any atom is -0.376 e. The molecule has 1 atom stereocenters. The van der Waals surface area contributed by atoms with E-state index in [4.69, 9.17) is 18.0 Å². The maximum Gasteiger partial charge on any atom is 0.292 e. The molecule has 1 aromatic heterocycles. The summed E-state index contributed by atoms with van der Waals surface area (Å²) in [6.07, 6.45) is 7.53. The number of hydrogen-bond acceptors (Lipinski definition) is 5.